The van der Waals surface area contributed by atoms with Crippen LogP contribution in [0.15, 0.2) is 54.7 Å². The Bertz CT molecular complexity index is 965. The number of fused-ring (bicyclic) bond motifs is 3. The van der Waals surface area contributed by atoms with Crippen LogP contribution in [0.25, 0.3) is 22.3 Å². The van der Waals surface area contributed by atoms with Crippen LogP contribution < -0.4 is 5.32 Å². The van der Waals surface area contributed by atoms with Crippen molar-refractivity contribution in [1.82, 2.24) is 15.3 Å². The van der Waals surface area contributed by atoms with Crippen molar-refractivity contribution in [1.29, 1.82) is 0 Å². The fourth-order valence-electron chi connectivity index (χ4n) is 3.86. The Labute approximate surface area is 151 Å². The Morgan fingerprint density at radius 2 is 1.92 bits per heavy atom. The van der Waals surface area contributed by atoms with E-state index in [1.165, 1.54) is 0 Å². The highest BCUT2D eigenvalue weighted by Gasteiger charge is 2.41. The lowest BCUT2D eigenvalue weighted by Gasteiger charge is -2.46. The molecule has 1 aliphatic carbocycles. The van der Waals surface area contributed by atoms with Crippen molar-refractivity contribution in [2.75, 3.05) is 6.61 Å². The van der Waals surface area contributed by atoms with Crippen molar-refractivity contribution in [3.63, 3.8) is 0 Å². The van der Waals surface area contributed by atoms with E-state index < -0.39 is 0 Å². The maximum absolute atomic E-state index is 13.1. The number of hydrogen-bond donors (Lipinski definition) is 1. The SMILES string of the molecule is O=C(NC1COC2CC1C2)c1cc(-c2ccccn2)nc2ccccc12. The zero-order valence-corrected chi connectivity index (χ0v) is 14.3. The fourth-order valence-corrected chi connectivity index (χ4v) is 3.86. The molecule has 3 aliphatic rings. The van der Waals surface area contributed by atoms with Gasteiger partial charge < -0.3 is 10.1 Å². The number of carbonyl (C=O) groups excluding carboxylic acids is 1. The topological polar surface area (TPSA) is 64.1 Å². The quantitative estimate of drug-likeness (QED) is 0.792. The molecule has 3 aromatic rings. The van der Waals surface area contributed by atoms with E-state index in [1.54, 1.807) is 6.20 Å². The molecule has 2 aromatic heterocycles. The number of para-hydroxylation sites is 1. The molecular weight excluding hydrogens is 326 g/mol. The smallest absolute Gasteiger partial charge is 0.252 e. The zero-order valence-electron chi connectivity index (χ0n) is 14.3. The third-order valence-corrected chi connectivity index (χ3v) is 5.42. The van der Waals surface area contributed by atoms with Crippen molar-refractivity contribution in [3.05, 3.63) is 60.3 Å². The highest BCUT2D eigenvalue weighted by molar-refractivity contribution is 6.07. The van der Waals surface area contributed by atoms with Crippen LogP contribution >= 0.6 is 0 Å². The number of pyridine rings is 2. The molecule has 2 bridgehead atoms. The van der Waals surface area contributed by atoms with E-state index in [-0.39, 0.29) is 11.9 Å². The summed E-state index contributed by atoms with van der Waals surface area (Å²) in [4.78, 5) is 22.1. The summed E-state index contributed by atoms with van der Waals surface area (Å²) in [6.07, 6.45) is 4.26. The van der Waals surface area contributed by atoms with Gasteiger partial charge >= 0.3 is 0 Å². The predicted molar refractivity (Wildman–Crippen MR) is 98.7 cm³/mol. The van der Waals surface area contributed by atoms with Crippen molar-refractivity contribution >= 4 is 16.8 Å². The molecule has 0 radical (unpaired) electrons. The second-order valence-corrected chi connectivity index (χ2v) is 7.05. The van der Waals surface area contributed by atoms with Gasteiger partial charge in [-0.25, -0.2) is 4.98 Å². The Balaban J connectivity index is 1.53. The molecule has 1 N–H and O–H groups in total. The molecule has 1 saturated carbocycles. The summed E-state index contributed by atoms with van der Waals surface area (Å²) >= 11 is 0. The van der Waals surface area contributed by atoms with E-state index in [0.717, 1.165) is 29.4 Å². The summed E-state index contributed by atoms with van der Waals surface area (Å²) in [5.74, 6) is 0.473. The van der Waals surface area contributed by atoms with Gasteiger partial charge in [0.25, 0.3) is 5.91 Å². The number of ether oxygens (including phenoxy) is 1. The van der Waals surface area contributed by atoms with E-state index in [2.05, 4.69) is 10.3 Å². The molecular formula is C21H19N3O2. The summed E-state index contributed by atoms with van der Waals surface area (Å²) < 4.78 is 5.74. The van der Waals surface area contributed by atoms with Crippen LogP contribution in [0.1, 0.15) is 23.2 Å². The van der Waals surface area contributed by atoms with Crippen molar-refractivity contribution in [3.8, 4) is 11.4 Å². The average molecular weight is 345 g/mol. The van der Waals surface area contributed by atoms with Crippen molar-refractivity contribution < 1.29 is 9.53 Å². The van der Waals surface area contributed by atoms with Gasteiger partial charge in [0.1, 0.15) is 0 Å². The van der Waals surface area contributed by atoms with Gasteiger partial charge in [0, 0.05) is 11.6 Å². The third-order valence-electron chi connectivity index (χ3n) is 5.42. The molecule has 2 aliphatic heterocycles. The fraction of sp³-hybridized carbons (Fsp3) is 0.286. The largest absolute Gasteiger partial charge is 0.376 e. The molecule has 5 heteroatoms. The number of aromatic nitrogens is 2. The van der Waals surface area contributed by atoms with Gasteiger partial charge in [-0.15, -0.1) is 0 Å². The predicted octanol–water partition coefficient (Wildman–Crippen LogP) is 3.20. The molecule has 1 amide bonds. The minimum absolute atomic E-state index is 0.0697. The number of benzene rings is 1. The van der Waals surface area contributed by atoms with E-state index in [1.807, 2.05) is 48.5 Å². The van der Waals surface area contributed by atoms with Crippen molar-refractivity contribution in [2.24, 2.45) is 5.92 Å². The molecule has 6 rings (SSSR count). The van der Waals surface area contributed by atoms with E-state index in [0.29, 0.717) is 29.9 Å². The van der Waals surface area contributed by atoms with Gasteiger partial charge in [-0.1, -0.05) is 24.3 Å². The Hall–Kier alpha value is -2.79. The van der Waals surface area contributed by atoms with E-state index >= 15 is 0 Å². The number of carbonyl (C=O) groups is 1. The highest BCUT2D eigenvalue weighted by atomic mass is 16.5. The van der Waals surface area contributed by atoms with Gasteiger partial charge in [0.2, 0.25) is 0 Å². The standard InChI is InChI=1S/C21H19N3O2/c25-21(24-20-12-26-14-9-13(20)10-14)16-11-19(18-7-3-4-8-22-18)23-17-6-2-1-5-15(16)17/h1-8,11,13-14,20H,9-10,12H2,(H,24,25). The molecule has 1 aromatic carbocycles. The van der Waals surface area contributed by atoms with Crippen LogP contribution in [0, 0.1) is 5.92 Å². The van der Waals surface area contributed by atoms with Crippen LogP contribution in [0.4, 0.5) is 0 Å². The maximum Gasteiger partial charge on any atom is 0.252 e. The Kier molecular flexibility index (Phi) is 3.68. The van der Waals surface area contributed by atoms with E-state index in [9.17, 15) is 4.79 Å². The second-order valence-electron chi connectivity index (χ2n) is 7.05. The molecule has 2 saturated heterocycles. The van der Waals surface area contributed by atoms with Gasteiger partial charge in [-0.3, -0.25) is 9.78 Å². The maximum atomic E-state index is 13.1. The van der Waals surface area contributed by atoms with Gasteiger partial charge in [0.15, 0.2) is 0 Å². The molecule has 26 heavy (non-hydrogen) atoms. The van der Waals surface area contributed by atoms with Crippen LogP contribution in [0.2, 0.25) is 0 Å². The van der Waals surface area contributed by atoms with Crippen LogP contribution in [0.3, 0.4) is 0 Å². The normalized spacial score (nSPS) is 24.1. The minimum Gasteiger partial charge on any atom is -0.376 e. The first-order chi connectivity index (χ1) is 12.8. The molecule has 4 heterocycles. The van der Waals surface area contributed by atoms with Crippen LogP contribution in [0.5, 0.6) is 0 Å². The third kappa shape index (κ3) is 2.65. The molecule has 130 valence electrons. The molecule has 3 fully saturated rings. The summed E-state index contributed by atoms with van der Waals surface area (Å²) in [5, 5.41) is 4.04. The first-order valence-corrected chi connectivity index (χ1v) is 9.01. The minimum atomic E-state index is -0.0697. The van der Waals surface area contributed by atoms with Gasteiger partial charge in [0.05, 0.1) is 41.2 Å². The molecule has 1 unspecified atom stereocenters. The number of amides is 1. The Morgan fingerprint density at radius 3 is 2.69 bits per heavy atom. The summed E-state index contributed by atoms with van der Waals surface area (Å²) in [6.45, 7) is 0.608. The molecule has 0 spiro atoms. The van der Waals surface area contributed by atoms with Crippen molar-refractivity contribution in [2.45, 2.75) is 25.0 Å². The molecule has 1 atom stereocenters. The summed E-state index contributed by atoms with van der Waals surface area (Å²) in [7, 11) is 0. The number of nitrogens with zero attached hydrogens (tertiary/aromatic N) is 2. The van der Waals surface area contributed by atoms with Crippen LogP contribution in [-0.4, -0.2) is 34.6 Å². The first kappa shape index (κ1) is 15.5. The van der Waals surface area contributed by atoms with Gasteiger partial charge in [-0.2, -0.15) is 0 Å². The highest BCUT2D eigenvalue weighted by Crippen LogP contribution is 2.37. The van der Waals surface area contributed by atoms with E-state index in [4.69, 9.17) is 9.72 Å². The number of rotatable bonds is 3. The zero-order chi connectivity index (χ0) is 17.5. The molecule has 5 nitrogen and oxygen atoms in total. The summed E-state index contributed by atoms with van der Waals surface area (Å²) in [5.41, 5.74) is 2.90. The number of hydrogen-bond acceptors (Lipinski definition) is 4. The second kappa shape index (κ2) is 6.18. The first-order valence-electron chi connectivity index (χ1n) is 9.01. The Morgan fingerprint density at radius 1 is 1.08 bits per heavy atom. The lowest BCUT2D eigenvalue weighted by atomic mass is 9.75. The summed E-state index contributed by atoms with van der Waals surface area (Å²) in [6, 6.07) is 15.4. The number of nitrogens with one attached hydrogen (secondary N) is 1. The van der Waals surface area contributed by atoms with Crippen LogP contribution in [-0.2, 0) is 4.74 Å². The lowest BCUT2D eigenvalue weighted by Crippen LogP contribution is -2.55. The lowest BCUT2D eigenvalue weighted by molar-refractivity contribution is -0.108. The monoisotopic (exact) mass is 345 g/mol. The average Bonchev–Trinajstić information content (AvgIpc) is 2.67. The van der Waals surface area contributed by atoms with Gasteiger partial charge in [-0.05, 0) is 43.0 Å².